The number of allylic oxidation sites excluding steroid dienone is 5. The van der Waals surface area contributed by atoms with E-state index in [1.165, 1.54) is 17.5 Å². The summed E-state index contributed by atoms with van der Waals surface area (Å²) in [5.74, 6) is 0.584. The molecule has 1 heterocycles. The minimum atomic E-state index is -0.707. The molecular weight excluding hydrogens is 379 g/mol. The fourth-order valence-corrected chi connectivity index (χ4v) is 5.98. The predicted molar refractivity (Wildman–Crippen MR) is 126 cm³/mol. The number of carboxylic acid groups (broad SMARTS) is 1. The van der Waals surface area contributed by atoms with E-state index >= 15 is 0 Å². The number of carbonyl (C=O) groups is 1. The van der Waals surface area contributed by atoms with Gasteiger partial charge in [-0.2, -0.15) is 0 Å². The molecule has 0 aliphatic carbocycles. The van der Waals surface area contributed by atoms with Gasteiger partial charge in [0.25, 0.3) is 0 Å². The van der Waals surface area contributed by atoms with Crippen LogP contribution in [0.3, 0.4) is 0 Å². The SMILES string of the molecule is C=C/C=C\C=C(/C)OC1CCC(c2ccc(CCCCC(=O)O)cc2)P1C.CC. The van der Waals surface area contributed by atoms with Crippen molar-refractivity contribution in [3.63, 3.8) is 0 Å². The van der Waals surface area contributed by atoms with Gasteiger partial charge in [0.15, 0.2) is 0 Å². The highest BCUT2D eigenvalue weighted by molar-refractivity contribution is 7.58. The molecule has 0 saturated carbocycles. The van der Waals surface area contributed by atoms with Crippen molar-refractivity contribution in [1.29, 1.82) is 0 Å². The molecule has 0 radical (unpaired) electrons. The van der Waals surface area contributed by atoms with Crippen LogP contribution in [0.2, 0.25) is 0 Å². The van der Waals surface area contributed by atoms with E-state index in [0.717, 1.165) is 31.4 Å². The Hall–Kier alpha value is -1.86. The first-order valence-corrected chi connectivity index (χ1v) is 12.6. The molecule has 1 fully saturated rings. The summed E-state index contributed by atoms with van der Waals surface area (Å²) in [4.78, 5) is 10.6. The van der Waals surface area contributed by atoms with Gasteiger partial charge in [0, 0.05) is 12.1 Å². The van der Waals surface area contributed by atoms with Gasteiger partial charge in [0.2, 0.25) is 0 Å². The summed E-state index contributed by atoms with van der Waals surface area (Å²) in [6, 6.07) is 8.93. The topological polar surface area (TPSA) is 46.5 Å². The zero-order valence-electron chi connectivity index (χ0n) is 18.4. The fourth-order valence-electron chi connectivity index (χ4n) is 3.49. The van der Waals surface area contributed by atoms with Gasteiger partial charge in [0.05, 0.1) is 5.76 Å². The van der Waals surface area contributed by atoms with Crippen LogP contribution in [-0.4, -0.2) is 23.6 Å². The maximum Gasteiger partial charge on any atom is 0.303 e. The maximum atomic E-state index is 10.6. The van der Waals surface area contributed by atoms with E-state index in [9.17, 15) is 4.79 Å². The molecule has 1 aromatic carbocycles. The lowest BCUT2D eigenvalue weighted by Crippen LogP contribution is -2.04. The summed E-state index contributed by atoms with van der Waals surface area (Å²) in [6.07, 6.45) is 12.8. The summed E-state index contributed by atoms with van der Waals surface area (Å²) in [6.45, 7) is 12.0. The van der Waals surface area contributed by atoms with Gasteiger partial charge < -0.3 is 9.84 Å². The van der Waals surface area contributed by atoms with Gasteiger partial charge in [-0.1, -0.05) is 70.8 Å². The highest BCUT2D eigenvalue weighted by Gasteiger charge is 2.34. The van der Waals surface area contributed by atoms with Gasteiger partial charge in [-0.05, 0) is 62.9 Å². The summed E-state index contributed by atoms with van der Waals surface area (Å²) < 4.78 is 6.19. The highest BCUT2D eigenvalue weighted by atomic mass is 31.1. The van der Waals surface area contributed by atoms with Crippen molar-refractivity contribution in [2.75, 3.05) is 6.66 Å². The zero-order chi connectivity index (χ0) is 21.6. The Labute approximate surface area is 178 Å². The van der Waals surface area contributed by atoms with Crippen LogP contribution >= 0.6 is 7.92 Å². The number of unbranched alkanes of at least 4 members (excludes halogenated alkanes) is 1. The molecule has 3 unspecified atom stereocenters. The van der Waals surface area contributed by atoms with Crippen LogP contribution in [0.15, 0.2) is 60.9 Å². The normalized spacial score (nSPS) is 21.5. The van der Waals surface area contributed by atoms with E-state index in [-0.39, 0.29) is 14.3 Å². The molecule has 160 valence electrons. The molecule has 1 aromatic rings. The first-order valence-electron chi connectivity index (χ1n) is 10.7. The molecule has 0 aromatic heterocycles. The molecule has 4 heteroatoms. The maximum absolute atomic E-state index is 10.6. The Morgan fingerprint density at radius 1 is 1.21 bits per heavy atom. The van der Waals surface area contributed by atoms with Crippen molar-refractivity contribution < 1.29 is 14.6 Å². The first-order chi connectivity index (χ1) is 14.0. The van der Waals surface area contributed by atoms with Crippen molar-refractivity contribution in [2.24, 2.45) is 0 Å². The average Bonchev–Trinajstić information content (AvgIpc) is 3.07. The van der Waals surface area contributed by atoms with Crippen molar-refractivity contribution in [1.82, 2.24) is 0 Å². The molecule has 29 heavy (non-hydrogen) atoms. The van der Waals surface area contributed by atoms with Crippen LogP contribution in [0.5, 0.6) is 0 Å². The van der Waals surface area contributed by atoms with Crippen molar-refractivity contribution in [3.05, 3.63) is 72.0 Å². The second-order valence-corrected chi connectivity index (χ2v) is 9.60. The lowest BCUT2D eigenvalue weighted by atomic mass is 10.0. The third kappa shape index (κ3) is 9.00. The lowest BCUT2D eigenvalue weighted by Gasteiger charge is -2.23. The molecule has 0 spiro atoms. The van der Waals surface area contributed by atoms with Gasteiger partial charge in [-0.15, -0.1) is 0 Å². The summed E-state index contributed by atoms with van der Waals surface area (Å²) in [7, 11) is -0.222. The van der Waals surface area contributed by atoms with E-state index in [0.29, 0.717) is 11.5 Å². The Kier molecular flexibility index (Phi) is 12.3. The molecule has 3 atom stereocenters. The number of ether oxygens (including phenoxy) is 1. The van der Waals surface area contributed by atoms with E-state index < -0.39 is 5.97 Å². The molecule has 1 N–H and O–H groups in total. The van der Waals surface area contributed by atoms with Crippen molar-refractivity contribution in [2.45, 2.75) is 70.8 Å². The van der Waals surface area contributed by atoms with Gasteiger partial charge >= 0.3 is 5.97 Å². The van der Waals surface area contributed by atoms with Crippen LogP contribution in [0.1, 0.15) is 69.7 Å². The first kappa shape index (κ1) is 25.2. The number of rotatable bonds is 10. The molecular formula is C25H37O3P. The molecule has 0 bridgehead atoms. The fraction of sp³-hybridized carbons (Fsp3) is 0.480. The Bertz CT molecular complexity index is 676. The van der Waals surface area contributed by atoms with E-state index in [1.54, 1.807) is 6.08 Å². The predicted octanol–water partition coefficient (Wildman–Crippen LogP) is 7.45. The Balaban J connectivity index is 0.00000204. The summed E-state index contributed by atoms with van der Waals surface area (Å²) in [5.41, 5.74) is 3.31. The van der Waals surface area contributed by atoms with E-state index in [1.807, 2.05) is 39.0 Å². The molecule has 2 rings (SSSR count). The van der Waals surface area contributed by atoms with Crippen LogP contribution < -0.4 is 0 Å². The molecule has 1 saturated heterocycles. The van der Waals surface area contributed by atoms with Gasteiger partial charge in [0.1, 0.15) is 5.85 Å². The third-order valence-corrected chi connectivity index (χ3v) is 7.82. The molecule has 1 aliphatic heterocycles. The number of carboxylic acids is 1. The molecule has 0 amide bonds. The van der Waals surface area contributed by atoms with Crippen LogP contribution in [-0.2, 0) is 16.0 Å². The number of hydrogen-bond acceptors (Lipinski definition) is 2. The number of aliphatic carboxylic acids is 1. The quantitative estimate of drug-likeness (QED) is 0.186. The van der Waals surface area contributed by atoms with Crippen LogP contribution in [0.4, 0.5) is 0 Å². The van der Waals surface area contributed by atoms with E-state index in [2.05, 4.69) is 37.5 Å². The largest absolute Gasteiger partial charge is 0.491 e. The number of hydrogen-bond donors (Lipinski definition) is 1. The monoisotopic (exact) mass is 416 g/mol. The smallest absolute Gasteiger partial charge is 0.303 e. The van der Waals surface area contributed by atoms with Crippen molar-refractivity contribution in [3.8, 4) is 0 Å². The van der Waals surface area contributed by atoms with Gasteiger partial charge in [-0.25, -0.2) is 0 Å². The summed E-state index contributed by atoms with van der Waals surface area (Å²) >= 11 is 0. The van der Waals surface area contributed by atoms with Crippen molar-refractivity contribution >= 4 is 13.9 Å². The second kappa shape index (κ2) is 14.2. The highest BCUT2D eigenvalue weighted by Crippen LogP contribution is 2.61. The Morgan fingerprint density at radius 2 is 1.90 bits per heavy atom. The second-order valence-electron chi connectivity index (χ2n) is 7.07. The standard InChI is InChI=1S/C23H31O3P.C2H6/c1-4-5-6-9-18(2)26-23-17-16-21(27(23)3)20-14-12-19(13-15-20)10-7-8-11-22(24)25;1-2/h4-6,9,12-15,21,23H,1,7-8,10-11,16-17H2,2-3H3,(H,24,25);1-2H3/b6-5-,18-9+;. The third-order valence-electron chi connectivity index (χ3n) is 5.00. The van der Waals surface area contributed by atoms with Crippen LogP contribution in [0.25, 0.3) is 0 Å². The average molecular weight is 417 g/mol. The Morgan fingerprint density at radius 3 is 2.52 bits per heavy atom. The molecule has 1 aliphatic rings. The number of aryl methyl sites for hydroxylation is 1. The lowest BCUT2D eigenvalue weighted by molar-refractivity contribution is -0.137. The number of benzene rings is 1. The van der Waals surface area contributed by atoms with Crippen LogP contribution in [0, 0.1) is 0 Å². The summed E-state index contributed by atoms with van der Waals surface area (Å²) in [5, 5.41) is 8.70. The minimum absolute atomic E-state index is 0.222. The van der Waals surface area contributed by atoms with Gasteiger partial charge in [-0.3, -0.25) is 4.79 Å². The van der Waals surface area contributed by atoms with E-state index in [4.69, 9.17) is 9.84 Å². The zero-order valence-corrected chi connectivity index (χ0v) is 19.3. The molecule has 3 nitrogen and oxygen atoms in total. The minimum Gasteiger partial charge on any atom is -0.491 e.